The van der Waals surface area contributed by atoms with Crippen LogP contribution in [0.4, 0.5) is 13.2 Å². The highest BCUT2D eigenvalue weighted by atomic mass is 19.4. The lowest BCUT2D eigenvalue weighted by molar-refractivity contribution is -0.141. The van der Waals surface area contributed by atoms with Crippen LogP contribution in [0.3, 0.4) is 0 Å². The molecule has 1 saturated heterocycles. The van der Waals surface area contributed by atoms with Crippen molar-refractivity contribution >= 4 is 18.6 Å². The summed E-state index contributed by atoms with van der Waals surface area (Å²) in [5.74, 6) is 0.666. The molecule has 0 aromatic heterocycles. The Morgan fingerprint density at radius 2 is 1.78 bits per heavy atom. The average Bonchev–Trinajstić information content (AvgIpc) is 3.46. The van der Waals surface area contributed by atoms with Gasteiger partial charge < -0.3 is 23.5 Å². The number of carbonyl (C=O) groups is 1. The van der Waals surface area contributed by atoms with Crippen LogP contribution in [0.15, 0.2) is 30.3 Å². The third-order valence-electron chi connectivity index (χ3n) is 7.94. The molecule has 0 N–H and O–H groups in total. The zero-order valence-electron chi connectivity index (χ0n) is 21.5. The number of halogens is 3. The van der Waals surface area contributed by atoms with Crippen LogP contribution < -0.4 is 14.9 Å². The molecule has 0 saturated carbocycles. The molecule has 2 aromatic rings. The number of hydrogen-bond donors (Lipinski definition) is 0. The Kier molecular flexibility index (Phi) is 6.26. The first-order chi connectivity index (χ1) is 17.3. The maximum Gasteiger partial charge on any atom is 0.495 e. The molecule has 3 aliphatic rings. The van der Waals surface area contributed by atoms with Gasteiger partial charge in [-0.25, -0.2) is 0 Å². The number of alkyl halides is 3. The van der Waals surface area contributed by atoms with Crippen LogP contribution in [0.1, 0.15) is 74.8 Å². The van der Waals surface area contributed by atoms with E-state index in [2.05, 4.69) is 0 Å². The lowest BCUT2D eigenvalue weighted by Crippen LogP contribution is -2.41. The number of carbonyl (C=O) groups excluding carboxylic acids is 1. The monoisotopic (exact) mass is 518 g/mol. The Hall–Kier alpha value is -2.72. The highest BCUT2D eigenvalue weighted by molar-refractivity contribution is 6.62. The largest absolute Gasteiger partial charge is 0.495 e. The highest BCUT2D eigenvalue weighted by Gasteiger charge is 2.53. The maximum atomic E-state index is 13.9. The van der Waals surface area contributed by atoms with Crippen LogP contribution in [0.5, 0.6) is 11.5 Å². The van der Waals surface area contributed by atoms with Gasteiger partial charge in [0.05, 0.1) is 36.9 Å². The van der Waals surface area contributed by atoms with Crippen molar-refractivity contribution in [3.8, 4) is 11.5 Å². The lowest BCUT2D eigenvalue weighted by atomic mass is 9.74. The van der Waals surface area contributed by atoms with Crippen LogP contribution in [-0.4, -0.2) is 38.0 Å². The minimum absolute atomic E-state index is 0.111. The fraction of sp³-hybridized carbons (Fsp3) is 0.519. The molecular formula is C27H30BF3O6. The summed E-state index contributed by atoms with van der Waals surface area (Å²) in [6.45, 7) is 7.85. The SMILES string of the molecule is COC(=O)C[C@@H]1COc2cc(O[C@@H]3CCc4c(B5OC(C)(C)C(C)(C)O5)cc(C(F)(F)F)cc43)ccc21. The molecule has 37 heavy (non-hydrogen) atoms. The molecule has 198 valence electrons. The third-order valence-corrected chi connectivity index (χ3v) is 7.94. The van der Waals surface area contributed by atoms with Crippen molar-refractivity contribution in [3.63, 3.8) is 0 Å². The summed E-state index contributed by atoms with van der Waals surface area (Å²) < 4.78 is 70.7. The summed E-state index contributed by atoms with van der Waals surface area (Å²) in [5, 5.41) is 0. The van der Waals surface area contributed by atoms with E-state index in [4.69, 9.17) is 23.5 Å². The topological polar surface area (TPSA) is 63.2 Å². The number of rotatable bonds is 5. The van der Waals surface area contributed by atoms with E-state index in [1.54, 1.807) is 12.1 Å². The minimum atomic E-state index is -4.53. The molecule has 0 bridgehead atoms. The highest BCUT2D eigenvalue weighted by Crippen LogP contribution is 2.43. The van der Waals surface area contributed by atoms with E-state index < -0.39 is 36.2 Å². The van der Waals surface area contributed by atoms with Crippen molar-refractivity contribution in [3.05, 3.63) is 52.6 Å². The third kappa shape index (κ3) is 4.70. The summed E-state index contributed by atoms with van der Waals surface area (Å²) >= 11 is 0. The molecule has 2 aromatic carbocycles. The predicted molar refractivity (Wildman–Crippen MR) is 130 cm³/mol. The Bertz CT molecular complexity index is 1210. The second-order valence-corrected chi connectivity index (χ2v) is 10.9. The molecule has 5 rings (SSSR count). The van der Waals surface area contributed by atoms with Crippen LogP contribution in [-0.2, 0) is 31.4 Å². The summed E-state index contributed by atoms with van der Waals surface area (Å²) in [4.78, 5) is 11.7. The standard InChI is InChI=1S/C27H30BF3O6/c1-25(2)26(3,4)37-28(36-25)21-12-16(27(29,30)31)11-20-19(21)8-9-22(20)35-17-6-7-18-15(10-24(32)33-5)14-34-23(18)13-17/h6-7,11-13,15,22H,8-10,14H2,1-5H3/t15-,22-/m1/s1. The van der Waals surface area contributed by atoms with Crippen LogP contribution in [0.2, 0.25) is 0 Å². The van der Waals surface area contributed by atoms with Crippen LogP contribution in [0, 0.1) is 0 Å². The van der Waals surface area contributed by atoms with Crippen molar-refractivity contribution in [1.82, 2.24) is 0 Å². The van der Waals surface area contributed by atoms with Gasteiger partial charge in [-0.05, 0) is 75.3 Å². The number of methoxy groups -OCH3 is 1. The summed E-state index contributed by atoms with van der Waals surface area (Å²) in [6.07, 6.45) is -3.83. The molecule has 0 amide bonds. The van der Waals surface area contributed by atoms with Gasteiger partial charge in [-0.15, -0.1) is 0 Å². The van der Waals surface area contributed by atoms with Crippen LogP contribution >= 0.6 is 0 Å². The van der Waals surface area contributed by atoms with Crippen molar-refractivity contribution in [2.75, 3.05) is 13.7 Å². The fourth-order valence-corrected chi connectivity index (χ4v) is 5.14. The normalized spacial score (nSPS) is 23.4. The Balaban J connectivity index is 1.44. The zero-order chi connectivity index (χ0) is 26.8. The molecular weight excluding hydrogens is 488 g/mol. The number of ether oxygens (including phenoxy) is 3. The van der Waals surface area contributed by atoms with Gasteiger partial charge in [-0.1, -0.05) is 6.07 Å². The van der Waals surface area contributed by atoms with Gasteiger partial charge in [-0.2, -0.15) is 13.2 Å². The van der Waals surface area contributed by atoms with Crippen molar-refractivity contribution < 1.29 is 41.5 Å². The summed E-state index contributed by atoms with van der Waals surface area (Å²) in [6, 6.07) is 7.65. The lowest BCUT2D eigenvalue weighted by Gasteiger charge is -2.32. The molecule has 1 fully saturated rings. The molecule has 0 radical (unpaired) electrons. The van der Waals surface area contributed by atoms with Gasteiger partial charge in [0.2, 0.25) is 0 Å². The number of benzene rings is 2. The van der Waals surface area contributed by atoms with E-state index >= 15 is 0 Å². The molecule has 6 nitrogen and oxygen atoms in total. The van der Waals surface area contributed by atoms with E-state index in [1.807, 2.05) is 33.8 Å². The van der Waals surface area contributed by atoms with Gasteiger partial charge in [-0.3, -0.25) is 4.79 Å². The van der Waals surface area contributed by atoms with E-state index in [1.165, 1.54) is 13.2 Å². The first kappa shape index (κ1) is 25.9. The summed E-state index contributed by atoms with van der Waals surface area (Å²) in [5.41, 5.74) is 0.433. The maximum absolute atomic E-state index is 13.9. The number of esters is 1. The quantitative estimate of drug-likeness (QED) is 0.405. The number of hydrogen-bond acceptors (Lipinski definition) is 6. The Labute approximate surface area is 214 Å². The minimum Gasteiger partial charge on any atom is -0.492 e. The Morgan fingerprint density at radius 3 is 2.43 bits per heavy atom. The second-order valence-electron chi connectivity index (χ2n) is 10.9. The first-order valence-electron chi connectivity index (χ1n) is 12.4. The molecule has 0 unspecified atom stereocenters. The van der Waals surface area contributed by atoms with Crippen LogP contribution in [0.25, 0.3) is 0 Å². The van der Waals surface area contributed by atoms with E-state index in [-0.39, 0.29) is 18.3 Å². The fourth-order valence-electron chi connectivity index (χ4n) is 5.14. The van der Waals surface area contributed by atoms with Crippen molar-refractivity contribution in [2.24, 2.45) is 0 Å². The molecule has 10 heteroatoms. The zero-order valence-corrected chi connectivity index (χ0v) is 21.5. The van der Waals surface area contributed by atoms with E-state index in [0.29, 0.717) is 42.0 Å². The molecule has 2 heterocycles. The van der Waals surface area contributed by atoms with E-state index in [0.717, 1.165) is 17.2 Å². The molecule has 2 aliphatic heterocycles. The van der Waals surface area contributed by atoms with Crippen molar-refractivity contribution in [1.29, 1.82) is 0 Å². The van der Waals surface area contributed by atoms with Gasteiger partial charge in [0.25, 0.3) is 0 Å². The van der Waals surface area contributed by atoms with Crippen molar-refractivity contribution in [2.45, 2.75) is 76.4 Å². The predicted octanol–water partition coefficient (Wildman–Crippen LogP) is 5.11. The molecule has 2 atom stereocenters. The smallest absolute Gasteiger partial charge is 0.492 e. The molecule has 1 aliphatic carbocycles. The number of fused-ring (bicyclic) bond motifs is 2. The van der Waals surface area contributed by atoms with E-state index in [9.17, 15) is 18.0 Å². The van der Waals surface area contributed by atoms with Gasteiger partial charge in [0.1, 0.15) is 17.6 Å². The molecule has 0 spiro atoms. The van der Waals surface area contributed by atoms with Gasteiger partial charge >= 0.3 is 19.3 Å². The summed E-state index contributed by atoms with van der Waals surface area (Å²) in [7, 11) is 0.442. The van der Waals surface area contributed by atoms with Gasteiger partial charge in [0, 0.05) is 17.5 Å². The van der Waals surface area contributed by atoms with Gasteiger partial charge in [0.15, 0.2) is 0 Å². The second kappa shape index (κ2) is 8.94. The first-order valence-corrected chi connectivity index (χ1v) is 12.4. The average molecular weight is 518 g/mol. The Morgan fingerprint density at radius 1 is 1.08 bits per heavy atom.